The Kier molecular flexibility index (Phi) is 3.55. The van der Waals surface area contributed by atoms with Crippen LogP contribution in [0.1, 0.15) is 40.5 Å². The van der Waals surface area contributed by atoms with Crippen molar-refractivity contribution in [3.8, 4) is 0 Å². The van der Waals surface area contributed by atoms with E-state index in [2.05, 4.69) is 0 Å². The maximum absolute atomic E-state index is 12.6. The Morgan fingerprint density at radius 2 is 1.95 bits per heavy atom. The Hall–Kier alpha value is -2.07. The van der Waals surface area contributed by atoms with Crippen molar-refractivity contribution in [1.82, 2.24) is 4.57 Å². The first kappa shape index (κ1) is 13.9. The highest BCUT2D eigenvalue weighted by Crippen LogP contribution is 2.31. The van der Waals surface area contributed by atoms with E-state index in [0.717, 1.165) is 6.42 Å². The molecule has 1 aromatic carbocycles. The highest BCUT2D eigenvalue weighted by atomic mass is 35.5. The molecule has 0 amide bonds. The lowest BCUT2D eigenvalue weighted by molar-refractivity contribution is -0.139. The van der Waals surface area contributed by atoms with Gasteiger partial charge in [-0.25, -0.2) is 0 Å². The summed E-state index contributed by atoms with van der Waals surface area (Å²) in [5, 5.41) is 9.68. The number of benzene rings is 1. The van der Waals surface area contributed by atoms with Crippen molar-refractivity contribution < 1.29 is 14.7 Å². The second kappa shape index (κ2) is 5.37. The van der Waals surface area contributed by atoms with Gasteiger partial charge in [0.15, 0.2) is 0 Å². The lowest BCUT2D eigenvalue weighted by Gasteiger charge is -2.23. The maximum atomic E-state index is 12.6. The van der Waals surface area contributed by atoms with Crippen LogP contribution < -0.4 is 0 Å². The zero-order chi connectivity index (χ0) is 15.0. The number of aromatic nitrogens is 1. The highest BCUT2D eigenvalue weighted by Gasteiger charge is 2.29. The van der Waals surface area contributed by atoms with Crippen molar-refractivity contribution in [3.63, 3.8) is 0 Å². The summed E-state index contributed by atoms with van der Waals surface area (Å²) >= 11 is 6.07. The summed E-state index contributed by atoms with van der Waals surface area (Å²) in [7, 11) is 0. The van der Waals surface area contributed by atoms with Gasteiger partial charge < -0.3 is 9.67 Å². The monoisotopic (exact) mass is 303 g/mol. The number of nitrogens with zero attached hydrogens (tertiary/aromatic N) is 1. The van der Waals surface area contributed by atoms with Crippen LogP contribution in [0.4, 0.5) is 0 Å². The molecule has 1 N–H and O–H groups in total. The number of ketones is 1. The van der Waals surface area contributed by atoms with Gasteiger partial charge in [-0.1, -0.05) is 23.7 Å². The first-order chi connectivity index (χ1) is 10.1. The molecule has 2 heterocycles. The molecule has 0 spiro atoms. The Morgan fingerprint density at radius 1 is 1.19 bits per heavy atom. The summed E-state index contributed by atoms with van der Waals surface area (Å²) in [4.78, 5) is 23.9. The fraction of sp³-hybridized carbons (Fsp3) is 0.250. The average Bonchev–Trinajstić information content (AvgIpc) is 2.90. The van der Waals surface area contributed by atoms with E-state index in [9.17, 15) is 14.7 Å². The topological polar surface area (TPSA) is 59.3 Å². The van der Waals surface area contributed by atoms with Crippen LogP contribution in [0.25, 0.3) is 0 Å². The number of carboxylic acid groups (broad SMARTS) is 1. The zero-order valence-corrected chi connectivity index (χ0v) is 12.0. The summed E-state index contributed by atoms with van der Waals surface area (Å²) in [5.74, 6) is -1.55. The molecule has 1 aromatic heterocycles. The van der Waals surface area contributed by atoms with Crippen LogP contribution in [0.5, 0.6) is 0 Å². The molecule has 5 heteroatoms. The number of carbonyl (C=O) groups excluding carboxylic acids is 1. The molecule has 1 atom stereocenters. The van der Waals surface area contributed by atoms with E-state index >= 15 is 0 Å². The second-order valence-electron chi connectivity index (χ2n) is 5.14. The van der Waals surface area contributed by atoms with E-state index in [1.54, 1.807) is 36.4 Å². The standard InChI is InChI=1S/C16H14ClNO3/c17-12-6-2-1-4-10(12)15(19)14-8-7-13-11(16(20)21)5-3-9-18(13)14/h1-2,4,6-8,11H,3,5,9H2,(H,20,21). The molecule has 1 unspecified atom stereocenters. The van der Waals surface area contributed by atoms with E-state index < -0.39 is 11.9 Å². The molecule has 0 saturated heterocycles. The molecule has 0 saturated carbocycles. The first-order valence-electron chi connectivity index (χ1n) is 6.81. The molecule has 108 valence electrons. The maximum Gasteiger partial charge on any atom is 0.312 e. The number of carboxylic acids is 1. The van der Waals surface area contributed by atoms with E-state index in [1.165, 1.54) is 0 Å². The summed E-state index contributed by atoms with van der Waals surface area (Å²) in [5.41, 5.74) is 1.64. The Balaban J connectivity index is 2.04. The van der Waals surface area contributed by atoms with Gasteiger partial charge in [0.25, 0.3) is 0 Å². The number of aliphatic carboxylic acids is 1. The lowest BCUT2D eigenvalue weighted by atomic mass is 9.96. The fourth-order valence-electron chi connectivity index (χ4n) is 2.87. The molecule has 21 heavy (non-hydrogen) atoms. The minimum Gasteiger partial charge on any atom is -0.481 e. The third-order valence-corrected chi connectivity index (χ3v) is 4.22. The Labute approximate surface area is 127 Å². The summed E-state index contributed by atoms with van der Waals surface area (Å²) in [6.45, 7) is 0.664. The largest absolute Gasteiger partial charge is 0.481 e. The van der Waals surface area contributed by atoms with Gasteiger partial charge in [0, 0.05) is 17.8 Å². The quantitative estimate of drug-likeness (QED) is 0.885. The van der Waals surface area contributed by atoms with Gasteiger partial charge in [-0.2, -0.15) is 0 Å². The molecular formula is C16H14ClNO3. The molecule has 1 aliphatic rings. The van der Waals surface area contributed by atoms with Crippen LogP contribution in [0.3, 0.4) is 0 Å². The fourth-order valence-corrected chi connectivity index (χ4v) is 3.09. The number of rotatable bonds is 3. The predicted octanol–water partition coefficient (Wildman–Crippen LogP) is 3.33. The minimum atomic E-state index is -0.842. The molecule has 0 bridgehead atoms. The van der Waals surface area contributed by atoms with Crippen molar-refractivity contribution in [2.45, 2.75) is 25.3 Å². The predicted molar refractivity (Wildman–Crippen MR) is 78.9 cm³/mol. The first-order valence-corrected chi connectivity index (χ1v) is 7.19. The van der Waals surface area contributed by atoms with Gasteiger partial charge in [-0.05, 0) is 37.1 Å². The molecule has 0 fully saturated rings. The number of hydrogen-bond donors (Lipinski definition) is 1. The van der Waals surface area contributed by atoms with Crippen molar-refractivity contribution in [2.75, 3.05) is 0 Å². The van der Waals surface area contributed by atoms with Crippen molar-refractivity contribution in [2.24, 2.45) is 0 Å². The number of hydrogen-bond acceptors (Lipinski definition) is 2. The molecular weight excluding hydrogens is 290 g/mol. The minimum absolute atomic E-state index is 0.169. The van der Waals surface area contributed by atoms with Crippen LogP contribution >= 0.6 is 11.6 Å². The third-order valence-electron chi connectivity index (χ3n) is 3.90. The third kappa shape index (κ3) is 2.36. The SMILES string of the molecule is O=C(c1ccccc1Cl)c1ccc2n1CCCC2C(=O)O. The Morgan fingerprint density at radius 3 is 2.67 bits per heavy atom. The van der Waals surface area contributed by atoms with Crippen molar-refractivity contribution in [3.05, 3.63) is 58.4 Å². The van der Waals surface area contributed by atoms with E-state index in [-0.39, 0.29) is 5.78 Å². The van der Waals surface area contributed by atoms with Crippen LogP contribution in [-0.2, 0) is 11.3 Å². The van der Waals surface area contributed by atoms with Crippen LogP contribution in [-0.4, -0.2) is 21.4 Å². The van der Waals surface area contributed by atoms with Gasteiger partial charge in [-0.3, -0.25) is 9.59 Å². The molecule has 0 aliphatic carbocycles. The van der Waals surface area contributed by atoms with E-state index in [4.69, 9.17) is 11.6 Å². The van der Waals surface area contributed by atoms with Crippen LogP contribution in [0.2, 0.25) is 5.02 Å². The van der Waals surface area contributed by atoms with Gasteiger partial charge >= 0.3 is 5.97 Å². The number of halogens is 1. The lowest BCUT2D eigenvalue weighted by Crippen LogP contribution is -2.23. The summed E-state index contributed by atoms with van der Waals surface area (Å²) in [6, 6.07) is 10.3. The highest BCUT2D eigenvalue weighted by molar-refractivity contribution is 6.34. The van der Waals surface area contributed by atoms with Gasteiger partial charge in [0.05, 0.1) is 16.6 Å². The Bertz CT molecular complexity index is 720. The summed E-state index contributed by atoms with van der Waals surface area (Å²) in [6.07, 6.45) is 1.36. The molecule has 3 rings (SSSR count). The number of fused-ring (bicyclic) bond motifs is 1. The number of carbonyl (C=O) groups is 2. The van der Waals surface area contributed by atoms with Gasteiger partial charge in [0.2, 0.25) is 5.78 Å². The second-order valence-corrected chi connectivity index (χ2v) is 5.54. The molecule has 0 radical (unpaired) electrons. The molecule has 1 aliphatic heterocycles. The normalized spacial score (nSPS) is 17.3. The van der Waals surface area contributed by atoms with E-state index in [0.29, 0.717) is 34.9 Å². The van der Waals surface area contributed by atoms with Gasteiger partial charge in [0.1, 0.15) is 0 Å². The summed E-state index contributed by atoms with van der Waals surface area (Å²) < 4.78 is 1.81. The molecule has 4 nitrogen and oxygen atoms in total. The van der Waals surface area contributed by atoms with Gasteiger partial charge in [-0.15, -0.1) is 0 Å². The average molecular weight is 304 g/mol. The van der Waals surface area contributed by atoms with Crippen molar-refractivity contribution >= 4 is 23.4 Å². The smallest absolute Gasteiger partial charge is 0.312 e. The van der Waals surface area contributed by atoms with Crippen molar-refractivity contribution in [1.29, 1.82) is 0 Å². The molecule has 2 aromatic rings. The van der Waals surface area contributed by atoms with Crippen LogP contribution in [0.15, 0.2) is 36.4 Å². The zero-order valence-electron chi connectivity index (χ0n) is 11.3. The van der Waals surface area contributed by atoms with E-state index in [1.807, 2.05) is 4.57 Å². The van der Waals surface area contributed by atoms with Crippen LogP contribution in [0, 0.1) is 0 Å².